The number of nitrogens with two attached hydrogens (primary N) is 1. The van der Waals surface area contributed by atoms with E-state index >= 15 is 0 Å². The Labute approximate surface area is 99.3 Å². The standard InChI is InChI=1S/C12H12ClN3/c1-8(14)12-11(13)6-10(7-16-12)9-2-4-15-5-3-9/h2-8H,14H2,1H3. The normalized spacial score (nSPS) is 12.4. The van der Waals surface area contributed by atoms with E-state index in [0.717, 1.165) is 16.8 Å². The van der Waals surface area contributed by atoms with Crippen LogP contribution >= 0.6 is 11.6 Å². The molecule has 0 saturated heterocycles. The van der Waals surface area contributed by atoms with Gasteiger partial charge in [0.1, 0.15) is 0 Å². The molecule has 0 aliphatic rings. The third-order valence-corrected chi connectivity index (χ3v) is 2.62. The Morgan fingerprint density at radius 3 is 2.50 bits per heavy atom. The zero-order chi connectivity index (χ0) is 11.5. The first-order valence-electron chi connectivity index (χ1n) is 5.00. The molecule has 0 aliphatic carbocycles. The van der Waals surface area contributed by atoms with Gasteiger partial charge >= 0.3 is 0 Å². The molecule has 2 N–H and O–H groups in total. The van der Waals surface area contributed by atoms with Gasteiger partial charge in [0.2, 0.25) is 0 Å². The molecule has 2 aromatic heterocycles. The van der Waals surface area contributed by atoms with E-state index in [1.807, 2.05) is 25.1 Å². The van der Waals surface area contributed by atoms with Crippen molar-refractivity contribution in [2.45, 2.75) is 13.0 Å². The highest BCUT2D eigenvalue weighted by atomic mass is 35.5. The molecule has 3 nitrogen and oxygen atoms in total. The summed E-state index contributed by atoms with van der Waals surface area (Å²) >= 11 is 6.12. The second-order valence-corrected chi connectivity index (χ2v) is 4.02. The van der Waals surface area contributed by atoms with E-state index in [1.165, 1.54) is 0 Å². The quantitative estimate of drug-likeness (QED) is 0.868. The van der Waals surface area contributed by atoms with Crippen LogP contribution in [-0.4, -0.2) is 9.97 Å². The van der Waals surface area contributed by atoms with Gasteiger partial charge in [-0.05, 0) is 30.7 Å². The topological polar surface area (TPSA) is 51.8 Å². The second kappa shape index (κ2) is 4.60. The Kier molecular flexibility index (Phi) is 3.17. The molecule has 2 aromatic rings. The second-order valence-electron chi connectivity index (χ2n) is 3.62. The molecular weight excluding hydrogens is 222 g/mol. The summed E-state index contributed by atoms with van der Waals surface area (Å²) in [6.07, 6.45) is 5.26. The predicted octanol–water partition coefficient (Wildman–Crippen LogP) is 2.82. The summed E-state index contributed by atoms with van der Waals surface area (Å²) in [6.45, 7) is 1.86. The van der Waals surface area contributed by atoms with Gasteiger partial charge < -0.3 is 5.73 Å². The largest absolute Gasteiger partial charge is 0.323 e. The van der Waals surface area contributed by atoms with Crippen LogP contribution < -0.4 is 5.73 Å². The molecule has 0 bridgehead atoms. The van der Waals surface area contributed by atoms with Gasteiger partial charge in [-0.2, -0.15) is 0 Å². The number of nitrogens with zero attached hydrogens (tertiary/aromatic N) is 2. The van der Waals surface area contributed by atoms with Crippen LogP contribution in [0.2, 0.25) is 5.02 Å². The molecule has 1 atom stereocenters. The molecule has 2 heterocycles. The Balaban J connectivity index is 2.43. The van der Waals surface area contributed by atoms with Gasteiger partial charge in [0.15, 0.2) is 0 Å². The van der Waals surface area contributed by atoms with Crippen molar-refractivity contribution < 1.29 is 0 Å². The first-order valence-corrected chi connectivity index (χ1v) is 5.37. The van der Waals surface area contributed by atoms with Crippen LogP contribution in [0, 0.1) is 0 Å². The molecule has 0 amide bonds. The number of pyridine rings is 2. The lowest BCUT2D eigenvalue weighted by Gasteiger charge is -2.08. The SMILES string of the molecule is CC(N)c1ncc(-c2ccncc2)cc1Cl. The van der Waals surface area contributed by atoms with E-state index < -0.39 is 0 Å². The monoisotopic (exact) mass is 233 g/mol. The molecule has 1 unspecified atom stereocenters. The van der Waals surface area contributed by atoms with Crippen LogP contribution in [0.3, 0.4) is 0 Å². The summed E-state index contributed by atoms with van der Waals surface area (Å²) in [5, 5.41) is 0.601. The number of aromatic nitrogens is 2. The number of halogens is 1. The third-order valence-electron chi connectivity index (χ3n) is 2.31. The van der Waals surface area contributed by atoms with E-state index in [2.05, 4.69) is 9.97 Å². The lowest BCUT2D eigenvalue weighted by molar-refractivity contribution is 0.782. The lowest BCUT2D eigenvalue weighted by atomic mass is 10.1. The highest BCUT2D eigenvalue weighted by Crippen LogP contribution is 2.25. The van der Waals surface area contributed by atoms with Crippen molar-refractivity contribution in [2.24, 2.45) is 5.73 Å². The van der Waals surface area contributed by atoms with E-state index in [1.54, 1.807) is 18.6 Å². The third kappa shape index (κ3) is 2.21. The summed E-state index contributed by atoms with van der Waals surface area (Å²) < 4.78 is 0. The zero-order valence-electron chi connectivity index (χ0n) is 8.89. The summed E-state index contributed by atoms with van der Waals surface area (Å²) in [5.41, 5.74) is 8.48. The Hall–Kier alpha value is -1.45. The highest BCUT2D eigenvalue weighted by Gasteiger charge is 2.08. The number of hydrogen-bond acceptors (Lipinski definition) is 3. The summed E-state index contributed by atoms with van der Waals surface area (Å²) in [6, 6.07) is 5.55. The molecule has 0 aliphatic heterocycles. The van der Waals surface area contributed by atoms with Crippen LogP contribution in [0.25, 0.3) is 11.1 Å². The minimum absolute atomic E-state index is 0.154. The van der Waals surface area contributed by atoms with Crippen LogP contribution in [0.15, 0.2) is 36.8 Å². The first kappa shape index (κ1) is 11.0. The fourth-order valence-corrected chi connectivity index (χ4v) is 1.82. The molecule has 16 heavy (non-hydrogen) atoms. The maximum atomic E-state index is 6.12. The fraction of sp³-hybridized carbons (Fsp3) is 0.167. The smallest absolute Gasteiger partial charge is 0.0754 e. The summed E-state index contributed by atoms with van der Waals surface area (Å²) in [5.74, 6) is 0. The fourth-order valence-electron chi connectivity index (χ4n) is 1.49. The van der Waals surface area contributed by atoms with Gasteiger partial charge in [-0.25, -0.2) is 0 Å². The molecule has 0 spiro atoms. The lowest BCUT2D eigenvalue weighted by Crippen LogP contribution is -2.07. The van der Waals surface area contributed by atoms with Gasteiger partial charge in [-0.1, -0.05) is 11.6 Å². The van der Waals surface area contributed by atoms with Gasteiger partial charge in [-0.3, -0.25) is 9.97 Å². The Morgan fingerprint density at radius 2 is 1.94 bits per heavy atom. The van der Waals surface area contributed by atoms with E-state index in [4.69, 9.17) is 17.3 Å². The van der Waals surface area contributed by atoms with Crippen molar-refractivity contribution in [1.82, 2.24) is 9.97 Å². The number of rotatable bonds is 2. The molecule has 0 saturated carbocycles. The molecular formula is C12H12ClN3. The minimum atomic E-state index is -0.154. The van der Waals surface area contributed by atoms with Crippen molar-refractivity contribution in [3.05, 3.63) is 47.5 Å². The molecule has 0 radical (unpaired) electrons. The van der Waals surface area contributed by atoms with Crippen molar-refractivity contribution in [1.29, 1.82) is 0 Å². The van der Waals surface area contributed by atoms with Crippen molar-refractivity contribution in [3.63, 3.8) is 0 Å². The molecule has 4 heteroatoms. The van der Waals surface area contributed by atoms with Gasteiger partial charge in [-0.15, -0.1) is 0 Å². The molecule has 0 aromatic carbocycles. The van der Waals surface area contributed by atoms with Crippen molar-refractivity contribution >= 4 is 11.6 Å². The van der Waals surface area contributed by atoms with Crippen molar-refractivity contribution in [2.75, 3.05) is 0 Å². The van der Waals surface area contributed by atoms with E-state index in [-0.39, 0.29) is 6.04 Å². The minimum Gasteiger partial charge on any atom is -0.323 e. The molecule has 2 rings (SSSR count). The first-order chi connectivity index (χ1) is 7.68. The maximum absolute atomic E-state index is 6.12. The van der Waals surface area contributed by atoms with Gasteiger partial charge in [0.05, 0.1) is 10.7 Å². The van der Waals surface area contributed by atoms with Crippen LogP contribution in [0.5, 0.6) is 0 Å². The van der Waals surface area contributed by atoms with E-state index in [9.17, 15) is 0 Å². The van der Waals surface area contributed by atoms with Crippen molar-refractivity contribution in [3.8, 4) is 11.1 Å². The summed E-state index contributed by atoms with van der Waals surface area (Å²) in [4.78, 5) is 8.24. The average molecular weight is 234 g/mol. The van der Waals surface area contributed by atoms with Gasteiger partial charge in [0.25, 0.3) is 0 Å². The van der Waals surface area contributed by atoms with E-state index in [0.29, 0.717) is 5.02 Å². The van der Waals surface area contributed by atoms with Gasteiger partial charge in [0, 0.05) is 30.2 Å². The predicted molar refractivity (Wildman–Crippen MR) is 65.1 cm³/mol. The zero-order valence-corrected chi connectivity index (χ0v) is 9.65. The average Bonchev–Trinajstić information content (AvgIpc) is 2.29. The number of hydrogen-bond donors (Lipinski definition) is 1. The molecule has 82 valence electrons. The Morgan fingerprint density at radius 1 is 1.25 bits per heavy atom. The summed E-state index contributed by atoms with van der Waals surface area (Å²) in [7, 11) is 0. The Bertz CT molecular complexity index is 483. The maximum Gasteiger partial charge on any atom is 0.0754 e. The molecule has 0 fully saturated rings. The highest BCUT2D eigenvalue weighted by molar-refractivity contribution is 6.31. The van der Waals surface area contributed by atoms with Crippen LogP contribution in [0.4, 0.5) is 0 Å². The van der Waals surface area contributed by atoms with Crippen LogP contribution in [0.1, 0.15) is 18.7 Å². The van der Waals surface area contributed by atoms with Crippen LogP contribution in [-0.2, 0) is 0 Å².